The molecule has 1 unspecified atom stereocenters. The first kappa shape index (κ1) is 10.4. The second-order valence-corrected chi connectivity index (χ2v) is 4.65. The van der Waals surface area contributed by atoms with Crippen LogP contribution in [-0.4, -0.2) is 31.8 Å². The van der Waals surface area contributed by atoms with Crippen LogP contribution in [0, 0.1) is 0 Å². The fraction of sp³-hybridized carbons (Fsp3) is 0.417. The lowest BCUT2D eigenvalue weighted by atomic mass is 9.90. The predicted octanol–water partition coefficient (Wildman–Crippen LogP) is 1.28. The maximum Gasteiger partial charge on any atom is 0.204 e. The van der Waals surface area contributed by atoms with E-state index in [1.165, 1.54) is 0 Å². The molecular weight excluding hydrogens is 216 g/mol. The Kier molecular flexibility index (Phi) is 2.22. The van der Waals surface area contributed by atoms with Crippen molar-refractivity contribution >= 4 is 0 Å². The second kappa shape index (κ2) is 3.63. The Labute approximate surface area is 98.9 Å². The van der Waals surface area contributed by atoms with Gasteiger partial charge < -0.3 is 5.11 Å². The van der Waals surface area contributed by atoms with Crippen molar-refractivity contribution < 1.29 is 5.11 Å². The van der Waals surface area contributed by atoms with E-state index in [1.54, 1.807) is 0 Å². The number of hydrogen-bond donors (Lipinski definition) is 2. The molecule has 17 heavy (non-hydrogen) atoms. The Balaban J connectivity index is 2.01. The lowest BCUT2D eigenvalue weighted by molar-refractivity contribution is 0.151. The summed E-state index contributed by atoms with van der Waals surface area (Å²) in [5, 5.41) is 23.8. The number of aromatic amines is 1. The molecule has 5 nitrogen and oxygen atoms in total. The molecule has 0 amide bonds. The monoisotopic (exact) mass is 230 g/mol. The summed E-state index contributed by atoms with van der Waals surface area (Å²) in [6.07, 6.45) is 1.77. The maximum absolute atomic E-state index is 9.87. The summed E-state index contributed by atoms with van der Waals surface area (Å²) in [6.45, 7) is 1.86. The average Bonchev–Trinajstić information content (AvgIpc) is 2.98. The van der Waals surface area contributed by atoms with Gasteiger partial charge in [-0.3, -0.25) is 0 Å². The molecule has 5 heteroatoms. The van der Waals surface area contributed by atoms with E-state index in [4.69, 9.17) is 0 Å². The molecule has 1 aliphatic carbocycles. The summed E-state index contributed by atoms with van der Waals surface area (Å²) < 4.78 is 0. The van der Waals surface area contributed by atoms with Gasteiger partial charge in [-0.2, -0.15) is 5.21 Å². The van der Waals surface area contributed by atoms with Gasteiger partial charge in [0.2, 0.25) is 5.82 Å². The van der Waals surface area contributed by atoms with Crippen molar-refractivity contribution in [1.29, 1.82) is 0 Å². The van der Waals surface area contributed by atoms with E-state index in [9.17, 15) is 5.11 Å². The Morgan fingerprint density at radius 2 is 2.24 bits per heavy atom. The zero-order chi connectivity index (χ0) is 11.9. The van der Waals surface area contributed by atoms with E-state index < -0.39 is 0 Å². The van der Waals surface area contributed by atoms with Crippen LogP contribution in [0.4, 0.5) is 0 Å². The van der Waals surface area contributed by atoms with E-state index in [-0.39, 0.29) is 11.5 Å². The van der Waals surface area contributed by atoms with Gasteiger partial charge in [0.25, 0.3) is 0 Å². The largest absolute Gasteiger partial charge is 0.392 e. The predicted molar refractivity (Wildman–Crippen MR) is 62.2 cm³/mol. The molecule has 2 aromatic rings. The van der Waals surface area contributed by atoms with Gasteiger partial charge in [-0.05, 0) is 36.6 Å². The van der Waals surface area contributed by atoms with Crippen molar-refractivity contribution in [3.63, 3.8) is 0 Å². The molecule has 1 aromatic carbocycles. The van der Waals surface area contributed by atoms with Gasteiger partial charge in [-0.15, -0.1) is 10.2 Å². The maximum atomic E-state index is 9.87. The lowest BCUT2D eigenvalue weighted by Crippen LogP contribution is -2.22. The van der Waals surface area contributed by atoms with Crippen LogP contribution < -0.4 is 0 Å². The van der Waals surface area contributed by atoms with Crippen molar-refractivity contribution in [1.82, 2.24) is 20.6 Å². The van der Waals surface area contributed by atoms with Gasteiger partial charge in [0, 0.05) is 11.0 Å². The number of rotatable bonds is 3. The number of H-pyrrole nitrogens is 1. The normalized spacial score (nSPS) is 18.9. The fourth-order valence-corrected chi connectivity index (χ4v) is 2.33. The van der Waals surface area contributed by atoms with Crippen LogP contribution in [0.15, 0.2) is 24.3 Å². The molecule has 1 fully saturated rings. The third-order valence-corrected chi connectivity index (χ3v) is 3.63. The summed E-state index contributed by atoms with van der Waals surface area (Å²) in [5.41, 5.74) is 2.04. The molecule has 0 saturated heterocycles. The standard InChI is InChI=1S/C12H14N4O/c1-8(17)12(5-6-12)10-4-2-3-9(7-10)11-13-15-16-14-11/h2-4,7-8,17H,5-6H2,1H3,(H,13,14,15,16). The molecule has 1 heterocycles. The van der Waals surface area contributed by atoms with Crippen LogP contribution in [0.3, 0.4) is 0 Å². The highest BCUT2D eigenvalue weighted by Crippen LogP contribution is 2.51. The summed E-state index contributed by atoms with van der Waals surface area (Å²) >= 11 is 0. The third-order valence-electron chi connectivity index (χ3n) is 3.63. The molecule has 1 saturated carbocycles. The summed E-state index contributed by atoms with van der Waals surface area (Å²) in [4.78, 5) is 0. The van der Waals surface area contributed by atoms with Gasteiger partial charge in [-0.25, -0.2) is 0 Å². The first-order chi connectivity index (χ1) is 8.22. The van der Waals surface area contributed by atoms with Crippen LogP contribution in [0.2, 0.25) is 0 Å². The highest BCUT2D eigenvalue weighted by atomic mass is 16.3. The van der Waals surface area contributed by atoms with Crippen molar-refractivity contribution in [3.8, 4) is 11.4 Å². The molecule has 1 aromatic heterocycles. The highest BCUT2D eigenvalue weighted by molar-refractivity contribution is 5.56. The Morgan fingerprint density at radius 3 is 2.82 bits per heavy atom. The van der Waals surface area contributed by atoms with Crippen molar-refractivity contribution in [2.24, 2.45) is 0 Å². The first-order valence-corrected chi connectivity index (χ1v) is 5.75. The minimum atomic E-state index is -0.317. The Morgan fingerprint density at radius 1 is 1.41 bits per heavy atom. The SMILES string of the molecule is CC(O)C1(c2cccc(-c3nn[nH]n3)c2)CC1. The fourth-order valence-electron chi connectivity index (χ4n) is 2.33. The van der Waals surface area contributed by atoms with Gasteiger partial charge >= 0.3 is 0 Å². The molecule has 1 atom stereocenters. The summed E-state index contributed by atoms with van der Waals surface area (Å²) in [7, 11) is 0. The molecular formula is C12H14N4O. The number of benzene rings is 1. The Hall–Kier alpha value is -1.75. The molecule has 88 valence electrons. The van der Waals surface area contributed by atoms with E-state index >= 15 is 0 Å². The first-order valence-electron chi connectivity index (χ1n) is 5.75. The number of nitrogens with zero attached hydrogens (tertiary/aromatic N) is 3. The number of aromatic nitrogens is 4. The number of hydrogen-bond acceptors (Lipinski definition) is 4. The molecule has 2 N–H and O–H groups in total. The minimum Gasteiger partial charge on any atom is -0.392 e. The number of aliphatic hydroxyl groups excluding tert-OH is 1. The van der Waals surface area contributed by atoms with E-state index in [0.717, 1.165) is 24.0 Å². The van der Waals surface area contributed by atoms with E-state index in [1.807, 2.05) is 25.1 Å². The van der Waals surface area contributed by atoms with Crippen LogP contribution >= 0.6 is 0 Å². The van der Waals surface area contributed by atoms with Crippen LogP contribution in [0.5, 0.6) is 0 Å². The zero-order valence-electron chi connectivity index (χ0n) is 9.59. The number of tetrazole rings is 1. The van der Waals surface area contributed by atoms with E-state index in [0.29, 0.717) is 5.82 Å². The molecule has 0 spiro atoms. The Bertz CT molecular complexity index is 517. The van der Waals surface area contributed by atoms with Crippen LogP contribution in [0.1, 0.15) is 25.3 Å². The number of nitrogens with one attached hydrogen (secondary N) is 1. The minimum absolute atomic E-state index is 0.0558. The summed E-state index contributed by atoms with van der Waals surface area (Å²) in [5.74, 6) is 0.591. The van der Waals surface area contributed by atoms with Crippen LogP contribution in [-0.2, 0) is 5.41 Å². The smallest absolute Gasteiger partial charge is 0.204 e. The lowest BCUT2D eigenvalue weighted by Gasteiger charge is -2.19. The average molecular weight is 230 g/mol. The second-order valence-electron chi connectivity index (χ2n) is 4.65. The zero-order valence-corrected chi connectivity index (χ0v) is 9.59. The van der Waals surface area contributed by atoms with Gasteiger partial charge in [0.05, 0.1) is 6.10 Å². The van der Waals surface area contributed by atoms with Gasteiger partial charge in [-0.1, -0.05) is 18.2 Å². The van der Waals surface area contributed by atoms with Crippen molar-refractivity contribution in [3.05, 3.63) is 29.8 Å². The van der Waals surface area contributed by atoms with Gasteiger partial charge in [0.15, 0.2) is 0 Å². The molecule has 1 aliphatic rings. The molecule has 0 aliphatic heterocycles. The quantitative estimate of drug-likeness (QED) is 0.833. The van der Waals surface area contributed by atoms with Crippen molar-refractivity contribution in [2.75, 3.05) is 0 Å². The van der Waals surface area contributed by atoms with E-state index in [2.05, 4.69) is 26.7 Å². The van der Waals surface area contributed by atoms with Crippen molar-refractivity contribution in [2.45, 2.75) is 31.3 Å². The highest BCUT2D eigenvalue weighted by Gasteiger charge is 2.48. The number of aliphatic hydroxyl groups is 1. The molecule has 0 radical (unpaired) electrons. The molecule has 3 rings (SSSR count). The summed E-state index contributed by atoms with van der Waals surface area (Å²) in [6, 6.07) is 8.03. The topological polar surface area (TPSA) is 74.7 Å². The third kappa shape index (κ3) is 1.63. The van der Waals surface area contributed by atoms with Crippen LogP contribution in [0.25, 0.3) is 11.4 Å². The van der Waals surface area contributed by atoms with Gasteiger partial charge in [0.1, 0.15) is 0 Å². The molecule has 0 bridgehead atoms.